The molecule has 1 aliphatic heterocycles. The average molecular weight is 432 g/mol. The van der Waals surface area contributed by atoms with E-state index in [4.69, 9.17) is 27.9 Å². The monoisotopic (exact) mass is 431 g/mol. The number of rotatable bonds is 7. The van der Waals surface area contributed by atoms with Crippen LogP contribution in [0, 0.1) is 5.92 Å². The Bertz CT molecular complexity index is 666. The molecule has 1 atom stereocenters. The normalized spacial score (nSPS) is 22.3. The summed E-state index contributed by atoms with van der Waals surface area (Å²) in [6.07, 6.45) is 0.829. The molecule has 1 aliphatic carbocycles. The molecule has 1 saturated heterocycles. The summed E-state index contributed by atoms with van der Waals surface area (Å²) in [7, 11) is 0. The van der Waals surface area contributed by atoms with Crippen LogP contribution in [0.2, 0.25) is 0 Å². The van der Waals surface area contributed by atoms with E-state index in [0.29, 0.717) is 12.5 Å². The molecule has 0 spiro atoms. The average Bonchev–Trinajstić information content (AvgIpc) is 3.27. The van der Waals surface area contributed by atoms with Gasteiger partial charge in [0.05, 0.1) is 18.9 Å². The van der Waals surface area contributed by atoms with E-state index in [1.807, 2.05) is 24.3 Å². The van der Waals surface area contributed by atoms with Gasteiger partial charge in [0.25, 0.3) is 0 Å². The fourth-order valence-electron chi connectivity index (χ4n) is 3.08. The Morgan fingerprint density at radius 1 is 1.33 bits per heavy atom. The van der Waals surface area contributed by atoms with Crippen LogP contribution < -0.4 is 10.6 Å². The van der Waals surface area contributed by atoms with Crippen molar-refractivity contribution in [2.45, 2.75) is 35.0 Å². The minimum absolute atomic E-state index is 0.120. The summed E-state index contributed by atoms with van der Waals surface area (Å²) in [5, 5.41) is 5.97. The van der Waals surface area contributed by atoms with Crippen LogP contribution in [0.1, 0.15) is 20.3 Å². The summed E-state index contributed by atoms with van der Waals surface area (Å²) in [4.78, 5) is 15.8. The van der Waals surface area contributed by atoms with Gasteiger partial charge in [-0.25, -0.2) is 4.79 Å². The maximum absolute atomic E-state index is 12.4. The largest absolute Gasteiger partial charge is 0.379 e. The molecule has 1 saturated carbocycles. The Morgan fingerprint density at radius 3 is 2.67 bits per heavy atom. The van der Waals surface area contributed by atoms with Gasteiger partial charge in [-0.1, -0.05) is 12.1 Å². The molecule has 0 radical (unpaired) electrons. The highest BCUT2D eigenvalue weighted by atomic mass is 35.5. The Hall–Kier alpha value is -0.660. The number of carbonyl (C=O) groups excluding carboxylic acids is 1. The fourth-order valence-corrected chi connectivity index (χ4v) is 5.02. The minimum atomic E-state index is -0.572. The number of hydrogen-bond donors (Lipinski definition) is 2. The number of ether oxygens (including phenoxy) is 1. The molecule has 3 rings (SSSR count). The number of anilines is 1. The Kier molecular flexibility index (Phi) is 6.85. The third kappa shape index (κ3) is 5.91. The predicted molar refractivity (Wildman–Crippen MR) is 113 cm³/mol. The second-order valence-corrected chi connectivity index (χ2v) is 10.3. The Labute approximate surface area is 175 Å². The van der Waals surface area contributed by atoms with Gasteiger partial charge in [0.15, 0.2) is 0 Å². The molecule has 2 N–H and O–H groups in total. The van der Waals surface area contributed by atoms with Gasteiger partial charge in [-0.15, -0.1) is 35.0 Å². The van der Waals surface area contributed by atoms with Gasteiger partial charge in [-0.05, 0) is 32.4 Å². The quantitative estimate of drug-likeness (QED) is 0.501. The molecule has 5 nitrogen and oxygen atoms in total. The first-order valence-corrected chi connectivity index (χ1v) is 11.0. The molecular formula is C19H27Cl2N3O2S. The standard InChI is InChI=1S/C19H27Cl2N3O2S/c1-18(2,24-7-9-26-10-8-24)13-22-17(25)23-15-5-3-4-6-16(15)27-12-14-11-19(14,20)21/h3-6,14H,7-13H2,1-2H3,(H2,22,23,25). The number of halogens is 2. The molecular weight excluding hydrogens is 405 g/mol. The zero-order valence-electron chi connectivity index (χ0n) is 15.8. The van der Waals surface area contributed by atoms with E-state index >= 15 is 0 Å². The fraction of sp³-hybridized carbons (Fsp3) is 0.632. The molecule has 2 amide bonds. The molecule has 8 heteroatoms. The number of nitrogens with one attached hydrogen (secondary N) is 2. The smallest absolute Gasteiger partial charge is 0.319 e. The lowest BCUT2D eigenvalue weighted by Crippen LogP contribution is -2.55. The maximum Gasteiger partial charge on any atom is 0.319 e. The number of thioether (sulfide) groups is 1. The number of amides is 2. The van der Waals surface area contributed by atoms with Crippen molar-refractivity contribution < 1.29 is 9.53 Å². The highest BCUT2D eigenvalue weighted by Crippen LogP contribution is 2.55. The number of hydrogen-bond acceptors (Lipinski definition) is 4. The van der Waals surface area contributed by atoms with Crippen molar-refractivity contribution in [2.24, 2.45) is 5.92 Å². The minimum Gasteiger partial charge on any atom is -0.379 e. The van der Waals surface area contributed by atoms with E-state index in [2.05, 4.69) is 29.4 Å². The van der Waals surface area contributed by atoms with Crippen molar-refractivity contribution in [1.82, 2.24) is 10.2 Å². The molecule has 0 bridgehead atoms. The highest BCUT2D eigenvalue weighted by molar-refractivity contribution is 7.99. The van der Waals surface area contributed by atoms with Gasteiger partial charge in [-0.2, -0.15) is 0 Å². The lowest BCUT2D eigenvalue weighted by atomic mass is 10.0. The first-order valence-electron chi connectivity index (χ1n) is 9.25. The van der Waals surface area contributed by atoms with Crippen LogP contribution in [0.15, 0.2) is 29.2 Å². The van der Waals surface area contributed by atoms with Crippen molar-refractivity contribution in [3.05, 3.63) is 24.3 Å². The first-order chi connectivity index (χ1) is 12.8. The Morgan fingerprint density at radius 2 is 2.00 bits per heavy atom. The maximum atomic E-state index is 12.4. The molecule has 1 heterocycles. The van der Waals surface area contributed by atoms with Gasteiger partial charge < -0.3 is 15.4 Å². The van der Waals surface area contributed by atoms with E-state index in [-0.39, 0.29) is 11.6 Å². The van der Waals surface area contributed by atoms with Crippen molar-refractivity contribution in [2.75, 3.05) is 43.9 Å². The molecule has 1 aromatic carbocycles. The number of morpholine rings is 1. The predicted octanol–water partition coefficient (Wildman–Crippen LogP) is 4.20. The van der Waals surface area contributed by atoms with Crippen LogP contribution in [0.5, 0.6) is 0 Å². The van der Waals surface area contributed by atoms with Crippen LogP contribution in [0.3, 0.4) is 0 Å². The number of para-hydroxylation sites is 1. The topological polar surface area (TPSA) is 53.6 Å². The van der Waals surface area contributed by atoms with Crippen LogP contribution in [0.4, 0.5) is 10.5 Å². The summed E-state index contributed by atoms with van der Waals surface area (Å²) in [6, 6.07) is 7.61. The molecule has 1 aromatic rings. The number of carbonyl (C=O) groups is 1. The third-order valence-corrected chi connectivity index (χ3v) is 7.24. The number of nitrogens with zero attached hydrogens (tertiary/aromatic N) is 1. The number of benzene rings is 1. The third-order valence-electron chi connectivity index (χ3n) is 5.08. The summed E-state index contributed by atoms with van der Waals surface area (Å²) < 4.78 is 4.84. The SMILES string of the molecule is CC(C)(CNC(=O)Nc1ccccc1SCC1CC1(Cl)Cl)N1CCOCC1. The van der Waals surface area contributed by atoms with E-state index in [1.165, 1.54) is 0 Å². The number of alkyl halides is 2. The zero-order valence-corrected chi connectivity index (χ0v) is 18.1. The van der Waals surface area contributed by atoms with Gasteiger partial charge in [0, 0.05) is 41.7 Å². The molecule has 150 valence electrons. The van der Waals surface area contributed by atoms with E-state index in [0.717, 1.165) is 49.1 Å². The van der Waals surface area contributed by atoms with Crippen LogP contribution >= 0.6 is 35.0 Å². The van der Waals surface area contributed by atoms with Crippen molar-refractivity contribution in [3.8, 4) is 0 Å². The summed E-state index contributed by atoms with van der Waals surface area (Å²) in [5.41, 5.74) is 0.686. The lowest BCUT2D eigenvalue weighted by molar-refractivity contribution is -0.00863. The second kappa shape index (κ2) is 8.78. The van der Waals surface area contributed by atoms with Crippen molar-refractivity contribution in [3.63, 3.8) is 0 Å². The molecule has 27 heavy (non-hydrogen) atoms. The Balaban J connectivity index is 1.50. The van der Waals surface area contributed by atoms with E-state index < -0.39 is 4.33 Å². The number of urea groups is 1. The molecule has 2 aliphatic rings. The van der Waals surface area contributed by atoms with Gasteiger partial charge in [0.1, 0.15) is 4.33 Å². The lowest BCUT2D eigenvalue weighted by Gasteiger charge is -2.40. The summed E-state index contributed by atoms with van der Waals surface area (Å²) in [5.74, 6) is 1.15. The van der Waals surface area contributed by atoms with Crippen molar-refractivity contribution >= 4 is 46.7 Å². The van der Waals surface area contributed by atoms with Gasteiger partial charge >= 0.3 is 6.03 Å². The molecule has 0 aromatic heterocycles. The molecule has 1 unspecified atom stereocenters. The zero-order chi connectivity index (χ0) is 19.5. The van der Waals surface area contributed by atoms with Gasteiger partial charge in [-0.3, -0.25) is 4.90 Å². The highest BCUT2D eigenvalue weighted by Gasteiger charge is 2.51. The van der Waals surface area contributed by atoms with Crippen LogP contribution in [-0.4, -0.2) is 59.4 Å². The van der Waals surface area contributed by atoms with E-state index in [1.54, 1.807) is 11.8 Å². The van der Waals surface area contributed by atoms with E-state index in [9.17, 15) is 4.79 Å². The molecule has 2 fully saturated rings. The second-order valence-electron chi connectivity index (χ2n) is 7.69. The van der Waals surface area contributed by atoms with Crippen LogP contribution in [0.25, 0.3) is 0 Å². The first kappa shape index (κ1) is 21.1. The summed E-state index contributed by atoms with van der Waals surface area (Å²) in [6.45, 7) is 8.11. The van der Waals surface area contributed by atoms with Gasteiger partial charge in [0.2, 0.25) is 0 Å². The summed E-state index contributed by atoms with van der Waals surface area (Å²) >= 11 is 13.9. The van der Waals surface area contributed by atoms with Crippen molar-refractivity contribution in [1.29, 1.82) is 0 Å². The van der Waals surface area contributed by atoms with Crippen LogP contribution in [-0.2, 0) is 4.74 Å².